The fourth-order valence-corrected chi connectivity index (χ4v) is 2.16. The van der Waals surface area contributed by atoms with Gasteiger partial charge < -0.3 is 0 Å². The van der Waals surface area contributed by atoms with Gasteiger partial charge in [-0.1, -0.05) is 23.7 Å². The maximum absolute atomic E-state index is 12.0. The van der Waals surface area contributed by atoms with Gasteiger partial charge in [0.05, 0.1) is 6.07 Å². The van der Waals surface area contributed by atoms with Crippen molar-refractivity contribution >= 4 is 39.8 Å². The number of rotatable bonds is 4. The highest BCUT2D eigenvalue weighted by molar-refractivity contribution is 7.13. The number of hydrogen-bond donors (Lipinski definition) is 1. The summed E-state index contributed by atoms with van der Waals surface area (Å²) in [6.07, 6.45) is 1.51. The van der Waals surface area contributed by atoms with Crippen molar-refractivity contribution in [3.63, 3.8) is 0 Å². The van der Waals surface area contributed by atoms with Crippen LogP contribution in [0.5, 0.6) is 0 Å². The predicted octanol–water partition coefficient (Wildman–Crippen LogP) is 2.61. The molecule has 1 aromatic heterocycles. The number of halogens is 1. The fourth-order valence-electron chi connectivity index (χ4n) is 1.51. The highest BCUT2D eigenvalue weighted by Gasteiger charge is 2.27. The van der Waals surface area contributed by atoms with Gasteiger partial charge in [-0.15, -0.1) is 11.3 Å². The number of amides is 1. The Morgan fingerprint density at radius 2 is 2.05 bits per heavy atom. The number of nitriles is 1. The quantitative estimate of drug-likeness (QED) is 0.880. The second kappa shape index (κ2) is 6.28. The van der Waals surface area contributed by atoms with Crippen LogP contribution in [0.1, 0.15) is 11.5 Å². The Labute approximate surface area is 123 Å². The lowest BCUT2D eigenvalue weighted by Gasteiger charge is -2.07. The number of carbonyl (C=O) groups excluding carboxylic acids is 2. The van der Waals surface area contributed by atoms with E-state index in [9.17, 15) is 9.59 Å². The Balaban J connectivity index is 2.15. The van der Waals surface area contributed by atoms with Gasteiger partial charge in [-0.3, -0.25) is 14.9 Å². The van der Waals surface area contributed by atoms with Gasteiger partial charge in [0.15, 0.2) is 5.13 Å². The van der Waals surface area contributed by atoms with Gasteiger partial charge in [0.25, 0.3) is 5.91 Å². The molecule has 1 atom stereocenters. The van der Waals surface area contributed by atoms with Crippen LogP contribution in [-0.2, 0) is 9.59 Å². The SMILES string of the molecule is N#C[C@H](C(=O)C(=O)Nc1nccs1)c1ccc(Cl)cc1. The van der Waals surface area contributed by atoms with Crippen molar-refractivity contribution in [3.05, 3.63) is 46.4 Å². The highest BCUT2D eigenvalue weighted by atomic mass is 35.5. The largest absolute Gasteiger partial charge is 0.295 e. The molecule has 100 valence electrons. The van der Waals surface area contributed by atoms with E-state index in [-0.39, 0.29) is 0 Å². The summed E-state index contributed by atoms with van der Waals surface area (Å²) >= 11 is 6.93. The van der Waals surface area contributed by atoms with E-state index in [2.05, 4.69) is 10.3 Å². The first-order chi connectivity index (χ1) is 9.61. The fraction of sp³-hybridized carbons (Fsp3) is 0.0769. The lowest BCUT2D eigenvalue weighted by Crippen LogP contribution is -2.27. The average Bonchev–Trinajstić information content (AvgIpc) is 2.94. The lowest BCUT2D eigenvalue weighted by atomic mass is 9.96. The minimum atomic E-state index is -1.16. The number of nitrogens with zero attached hydrogens (tertiary/aromatic N) is 2. The zero-order chi connectivity index (χ0) is 14.5. The molecule has 2 rings (SSSR count). The first-order valence-corrected chi connectivity index (χ1v) is 6.77. The molecule has 1 amide bonds. The zero-order valence-corrected chi connectivity index (χ0v) is 11.6. The molecule has 5 nitrogen and oxygen atoms in total. The number of nitrogens with one attached hydrogen (secondary N) is 1. The van der Waals surface area contributed by atoms with Crippen LogP contribution in [0.3, 0.4) is 0 Å². The molecule has 7 heteroatoms. The molecule has 0 aliphatic carbocycles. The summed E-state index contributed by atoms with van der Waals surface area (Å²) in [6.45, 7) is 0. The molecule has 0 aliphatic rings. The zero-order valence-electron chi connectivity index (χ0n) is 10.0. The van der Waals surface area contributed by atoms with Crippen molar-refractivity contribution < 1.29 is 9.59 Å². The lowest BCUT2D eigenvalue weighted by molar-refractivity contribution is -0.135. The molecule has 0 unspecified atom stereocenters. The van der Waals surface area contributed by atoms with Gasteiger partial charge in [-0.25, -0.2) is 4.98 Å². The predicted molar refractivity (Wildman–Crippen MR) is 75.6 cm³/mol. The van der Waals surface area contributed by atoms with Gasteiger partial charge in [-0.05, 0) is 17.7 Å². The number of Topliss-reactive ketones (excluding diaryl/α,β-unsaturated/α-hetero) is 1. The van der Waals surface area contributed by atoms with Crippen LogP contribution in [0.15, 0.2) is 35.8 Å². The van der Waals surface area contributed by atoms with E-state index >= 15 is 0 Å². The third-order valence-corrected chi connectivity index (χ3v) is 3.41. The van der Waals surface area contributed by atoms with E-state index in [0.717, 1.165) is 0 Å². The van der Waals surface area contributed by atoms with Gasteiger partial charge >= 0.3 is 0 Å². The molecule has 20 heavy (non-hydrogen) atoms. The third kappa shape index (κ3) is 3.20. The van der Waals surface area contributed by atoms with Crippen molar-refractivity contribution in [1.29, 1.82) is 5.26 Å². The van der Waals surface area contributed by atoms with Crippen molar-refractivity contribution in [2.24, 2.45) is 0 Å². The number of anilines is 1. The molecule has 0 spiro atoms. The number of hydrogen-bond acceptors (Lipinski definition) is 5. The Kier molecular flexibility index (Phi) is 4.45. The van der Waals surface area contributed by atoms with E-state index in [0.29, 0.717) is 15.7 Å². The molecule has 0 fully saturated rings. The highest BCUT2D eigenvalue weighted by Crippen LogP contribution is 2.20. The van der Waals surface area contributed by atoms with E-state index < -0.39 is 17.6 Å². The van der Waals surface area contributed by atoms with Gasteiger partial charge in [0.1, 0.15) is 5.92 Å². The Morgan fingerprint density at radius 3 is 2.60 bits per heavy atom. The smallest absolute Gasteiger partial charge is 0.295 e. The molecule has 0 radical (unpaired) electrons. The number of carbonyl (C=O) groups is 2. The summed E-state index contributed by atoms with van der Waals surface area (Å²) in [4.78, 5) is 27.6. The minimum absolute atomic E-state index is 0.316. The normalized spacial score (nSPS) is 11.4. The summed E-state index contributed by atoms with van der Waals surface area (Å²) in [7, 11) is 0. The van der Waals surface area contributed by atoms with Gasteiger partial charge in [0, 0.05) is 16.6 Å². The van der Waals surface area contributed by atoms with E-state index in [1.54, 1.807) is 29.6 Å². The first kappa shape index (κ1) is 14.2. The second-order valence-corrected chi connectivity index (χ2v) is 5.10. The standard InChI is InChI=1S/C13H8ClN3O2S/c14-9-3-1-8(2-4-9)10(7-15)11(18)12(19)17-13-16-5-6-20-13/h1-6,10H,(H,16,17,19)/t10-/m0/s1. The molecule has 2 aromatic rings. The van der Waals surface area contributed by atoms with Crippen molar-refractivity contribution in [3.8, 4) is 6.07 Å². The topological polar surface area (TPSA) is 82.8 Å². The van der Waals surface area contributed by atoms with E-state index in [1.165, 1.54) is 17.5 Å². The summed E-state index contributed by atoms with van der Waals surface area (Å²) in [5.41, 5.74) is 0.427. The van der Waals surface area contributed by atoms with Crippen LogP contribution >= 0.6 is 22.9 Å². The maximum Gasteiger partial charge on any atom is 0.295 e. The first-order valence-electron chi connectivity index (χ1n) is 5.51. The number of ketones is 1. The van der Waals surface area contributed by atoms with Gasteiger partial charge in [-0.2, -0.15) is 5.26 Å². The Morgan fingerprint density at radius 1 is 1.35 bits per heavy atom. The van der Waals surface area contributed by atoms with Crippen LogP contribution in [0, 0.1) is 11.3 Å². The number of aromatic nitrogens is 1. The summed E-state index contributed by atoms with van der Waals surface area (Å²) in [5.74, 6) is -2.85. The monoisotopic (exact) mass is 305 g/mol. The molecule has 0 saturated carbocycles. The van der Waals surface area contributed by atoms with Crippen molar-refractivity contribution in [2.75, 3.05) is 5.32 Å². The van der Waals surface area contributed by atoms with Crippen molar-refractivity contribution in [1.82, 2.24) is 4.98 Å². The Bertz CT molecular complexity index is 662. The molecular weight excluding hydrogens is 298 g/mol. The van der Waals surface area contributed by atoms with Crippen LogP contribution in [-0.4, -0.2) is 16.7 Å². The average molecular weight is 306 g/mol. The van der Waals surface area contributed by atoms with Crippen LogP contribution in [0.2, 0.25) is 5.02 Å². The van der Waals surface area contributed by atoms with E-state index in [4.69, 9.17) is 16.9 Å². The van der Waals surface area contributed by atoms with Gasteiger partial charge in [0.2, 0.25) is 5.78 Å². The molecular formula is C13H8ClN3O2S. The van der Waals surface area contributed by atoms with Crippen LogP contribution < -0.4 is 5.32 Å². The summed E-state index contributed by atoms with van der Waals surface area (Å²) in [6, 6.07) is 8.05. The molecule has 0 saturated heterocycles. The second-order valence-electron chi connectivity index (χ2n) is 3.77. The third-order valence-electron chi connectivity index (χ3n) is 2.47. The maximum atomic E-state index is 12.0. The molecule has 1 aromatic carbocycles. The number of thiazole rings is 1. The molecule has 0 aliphatic heterocycles. The summed E-state index contributed by atoms with van der Waals surface area (Å²) in [5, 5.41) is 13.9. The molecule has 1 N–H and O–H groups in total. The van der Waals surface area contributed by atoms with Crippen LogP contribution in [0.25, 0.3) is 0 Å². The summed E-state index contributed by atoms with van der Waals surface area (Å²) < 4.78 is 0. The Hall–Kier alpha value is -2.23. The van der Waals surface area contributed by atoms with Crippen molar-refractivity contribution in [2.45, 2.75) is 5.92 Å². The van der Waals surface area contributed by atoms with E-state index in [1.807, 2.05) is 6.07 Å². The van der Waals surface area contributed by atoms with Crippen LogP contribution in [0.4, 0.5) is 5.13 Å². The molecule has 1 heterocycles. The minimum Gasteiger partial charge on any atom is -0.295 e. The number of benzene rings is 1. The molecule has 0 bridgehead atoms.